The average molecular weight is 746 g/mol. The number of ketones is 1. The molecule has 0 saturated heterocycles. The molecular weight excluding hydrogens is 709 g/mol. The van der Waals surface area contributed by atoms with Gasteiger partial charge in [-0.05, 0) is 48.9 Å². The van der Waals surface area contributed by atoms with Gasteiger partial charge in [-0.25, -0.2) is 9.98 Å². The molecule has 1 saturated carbocycles. The van der Waals surface area contributed by atoms with Crippen LogP contribution in [0.4, 0.5) is 22.0 Å². The summed E-state index contributed by atoms with van der Waals surface area (Å²) in [5.74, 6) is -1.97. The maximum absolute atomic E-state index is 14.9. The molecule has 0 bridgehead atoms. The molecule has 1 aliphatic carbocycles. The SMILES string of the molecule is CC(C)C(=O)CC[C@H](c1ccc(Cl)c(-c2ncnn2C(F)F)c1)N1C(=O)[C@@](CC(C)(C)C(F)(F)F)(c2ccc(-c3cnn(C4CC4)n3)cc2)N=C1N. The molecule has 17 heteroatoms. The Kier molecular flexibility index (Phi) is 9.74. The van der Waals surface area contributed by atoms with Crippen molar-refractivity contribution in [2.45, 2.75) is 90.1 Å². The largest absolute Gasteiger partial charge is 0.394 e. The fraction of sp³-hybridized carbons (Fsp3) is 0.457. The molecule has 1 aliphatic heterocycles. The summed E-state index contributed by atoms with van der Waals surface area (Å²) in [6.45, 7) is 2.36. The normalized spacial score (nSPS) is 18.8. The average Bonchev–Trinajstić information content (AvgIpc) is 3.49. The number of amides is 1. The molecule has 2 aromatic heterocycles. The number of hydrogen-bond acceptors (Lipinski definition) is 8. The van der Waals surface area contributed by atoms with Gasteiger partial charge in [0, 0.05) is 23.5 Å². The minimum Gasteiger partial charge on any atom is -0.369 e. The van der Waals surface area contributed by atoms with Crippen LogP contribution in [0.15, 0.2) is 60.0 Å². The number of rotatable bonds is 13. The zero-order valence-electron chi connectivity index (χ0n) is 28.8. The zero-order valence-corrected chi connectivity index (χ0v) is 29.5. The van der Waals surface area contributed by atoms with E-state index in [2.05, 4.69) is 25.3 Å². The molecule has 276 valence electrons. The van der Waals surface area contributed by atoms with E-state index in [0.29, 0.717) is 21.5 Å². The Bertz CT molecular complexity index is 2000. The summed E-state index contributed by atoms with van der Waals surface area (Å²) < 4.78 is 71.6. The van der Waals surface area contributed by atoms with Crippen LogP contribution in [0.3, 0.4) is 0 Å². The number of nitrogens with two attached hydrogens (primary N) is 1. The molecule has 0 radical (unpaired) electrons. The van der Waals surface area contributed by atoms with Crippen molar-refractivity contribution in [2.75, 3.05) is 0 Å². The summed E-state index contributed by atoms with van der Waals surface area (Å²) in [6.07, 6.45) is -1.09. The second-order valence-electron chi connectivity index (χ2n) is 14.1. The predicted octanol–water partition coefficient (Wildman–Crippen LogP) is 7.66. The van der Waals surface area contributed by atoms with Gasteiger partial charge < -0.3 is 5.73 Å². The van der Waals surface area contributed by atoms with Crippen LogP contribution in [-0.4, -0.2) is 58.5 Å². The monoisotopic (exact) mass is 745 g/mol. The molecule has 0 unspecified atom stereocenters. The lowest BCUT2D eigenvalue weighted by Gasteiger charge is -2.37. The quantitative estimate of drug-likeness (QED) is 0.139. The van der Waals surface area contributed by atoms with E-state index >= 15 is 0 Å². The molecule has 52 heavy (non-hydrogen) atoms. The van der Waals surface area contributed by atoms with Crippen molar-refractivity contribution in [3.63, 3.8) is 0 Å². The van der Waals surface area contributed by atoms with Crippen molar-refractivity contribution < 1.29 is 31.5 Å². The minimum atomic E-state index is -4.73. The Morgan fingerprint density at radius 2 is 1.77 bits per heavy atom. The number of Topliss-reactive ketones (excluding diaryl/α,β-unsaturated/α-hetero) is 1. The van der Waals surface area contributed by atoms with Crippen LogP contribution in [0.25, 0.3) is 22.6 Å². The molecule has 2 aromatic carbocycles. The highest BCUT2D eigenvalue weighted by Crippen LogP contribution is 2.51. The second-order valence-corrected chi connectivity index (χ2v) is 14.6. The van der Waals surface area contributed by atoms with Crippen LogP contribution in [0, 0.1) is 11.3 Å². The number of hydrogen-bond donors (Lipinski definition) is 1. The van der Waals surface area contributed by atoms with Gasteiger partial charge in [0.2, 0.25) is 0 Å². The van der Waals surface area contributed by atoms with E-state index < -0.39 is 42.0 Å². The van der Waals surface area contributed by atoms with Gasteiger partial charge >= 0.3 is 12.7 Å². The lowest BCUT2D eigenvalue weighted by Crippen LogP contribution is -2.48. The standard InChI is InChI=1S/C35H37ClF5N9O2/c1-19(2)28(51)14-13-27(21-7-12-25(36)24(15-21)29-43-18-45-49(29)31(37)38)48-30(52)34(46-32(48)42,17-33(3,4)35(39,40)41)22-8-5-20(6-9-22)26-16-44-50(47-26)23-10-11-23/h5-9,12,15-16,18-19,23,27,31H,10-11,13-14,17H2,1-4H3,(H2,42,46)/t27-,34-/m1/s1. The number of alkyl halides is 5. The van der Waals surface area contributed by atoms with E-state index in [0.717, 1.165) is 37.9 Å². The van der Waals surface area contributed by atoms with Gasteiger partial charge in [0.05, 0.1) is 28.7 Å². The van der Waals surface area contributed by atoms with Gasteiger partial charge in [-0.15, -0.1) is 0 Å². The second kappa shape index (κ2) is 13.7. The summed E-state index contributed by atoms with van der Waals surface area (Å²) in [5, 5.41) is 12.4. The molecule has 4 aromatic rings. The van der Waals surface area contributed by atoms with Crippen molar-refractivity contribution in [3.05, 3.63) is 71.1 Å². The Labute approximate surface area is 301 Å². The maximum atomic E-state index is 14.9. The van der Waals surface area contributed by atoms with Gasteiger partial charge in [0.25, 0.3) is 5.91 Å². The van der Waals surface area contributed by atoms with E-state index in [4.69, 9.17) is 17.3 Å². The summed E-state index contributed by atoms with van der Waals surface area (Å²) in [4.78, 5) is 39.0. The molecule has 6 rings (SSSR count). The van der Waals surface area contributed by atoms with Crippen molar-refractivity contribution in [2.24, 2.45) is 22.1 Å². The minimum absolute atomic E-state index is 0.0179. The van der Waals surface area contributed by atoms with Gasteiger partial charge in [-0.3, -0.25) is 14.5 Å². The van der Waals surface area contributed by atoms with Crippen LogP contribution in [-0.2, 0) is 15.1 Å². The lowest BCUT2D eigenvalue weighted by molar-refractivity contribution is -0.218. The molecule has 2 aliphatic rings. The summed E-state index contributed by atoms with van der Waals surface area (Å²) in [6, 6.07) is 9.90. The third kappa shape index (κ3) is 6.92. The van der Waals surface area contributed by atoms with Crippen molar-refractivity contribution in [1.82, 2.24) is 34.7 Å². The number of benzene rings is 2. The number of nitrogens with zero attached hydrogens (tertiary/aromatic N) is 8. The van der Waals surface area contributed by atoms with Crippen LogP contribution in [0.1, 0.15) is 89.6 Å². The van der Waals surface area contributed by atoms with Crippen molar-refractivity contribution >= 4 is 29.3 Å². The van der Waals surface area contributed by atoms with E-state index in [1.807, 2.05) is 0 Å². The van der Waals surface area contributed by atoms with E-state index in [-0.39, 0.29) is 58.5 Å². The number of aromatic nitrogens is 6. The third-order valence-corrected chi connectivity index (χ3v) is 9.95. The van der Waals surface area contributed by atoms with Gasteiger partial charge in [0.1, 0.15) is 17.8 Å². The van der Waals surface area contributed by atoms with E-state index in [1.54, 1.807) is 37.0 Å². The Morgan fingerprint density at radius 3 is 2.38 bits per heavy atom. The smallest absolute Gasteiger partial charge is 0.369 e. The first-order chi connectivity index (χ1) is 24.4. The fourth-order valence-electron chi connectivity index (χ4n) is 6.37. The highest BCUT2D eigenvalue weighted by Gasteiger charge is 2.59. The first kappa shape index (κ1) is 37.0. The van der Waals surface area contributed by atoms with Crippen molar-refractivity contribution in [1.29, 1.82) is 0 Å². The highest BCUT2D eigenvalue weighted by atomic mass is 35.5. The number of carbonyl (C=O) groups is 2. The highest BCUT2D eigenvalue weighted by molar-refractivity contribution is 6.33. The van der Waals surface area contributed by atoms with Gasteiger partial charge in [0.15, 0.2) is 17.3 Å². The summed E-state index contributed by atoms with van der Waals surface area (Å²) in [7, 11) is 0. The number of aliphatic imine (C=N–C) groups is 1. The first-order valence-corrected chi connectivity index (χ1v) is 17.1. The number of halogens is 6. The molecular formula is C35H37ClF5N9O2. The number of carbonyl (C=O) groups excluding carboxylic acids is 2. The maximum Gasteiger partial charge on any atom is 0.394 e. The lowest BCUT2D eigenvalue weighted by atomic mass is 9.74. The molecule has 3 heterocycles. The first-order valence-electron chi connectivity index (χ1n) is 16.7. The Balaban J connectivity index is 1.44. The Morgan fingerprint density at radius 1 is 1.08 bits per heavy atom. The van der Waals surface area contributed by atoms with Crippen LogP contribution in [0.2, 0.25) is 5.02 Å². The van der Waals surface area contributed by atoms with E-state index in [9.17, 15) is 31.5 Å². The van der Waals surface area contributed by atoms with Gasteiger partial charge in [-0.2, -0.15) is 46.7 Å². The molecule has 1 fully saturated rings. The molecule has 2 N–H and O–H groups in total. The number of guanidine groups is 1. The molecule has 1 amide bonds. The fourth-order valence-corrected chi connectivity index (χ4v) is 6.57. The van der Waals surface area contributed by atoms with Crippen LogP contribution < -0.4 is 5.73 Å². The Hall–Kier alpha value is -4.73. The van der Waals surface area contributed by atoms with Crippen LogP contribution in [0.5, 0.6) is 0 Å². The summed E-state index contributed by atoms with van der Waals surface area (Å²) in [5.41, 5.74) is 3.70. The predicted molar refractivity (Wildman–Crippen MR) is 182 cm³/mol. The van der Waals surface area contributed by atoms with Crippen molar-refractivity contribution in [3.8, 4) is 22.6 Å². The summed E-state index contributed by atoms with van der Waals surface area (Å²) >= 11 is 6.45. The van der Waals surface area contributed by atoms with Gasteiger partial charge in [-0.1, -0.05) is 69.6 Å². The topological polar surface area (TPSA) is 137 Å². The van der Waals surface area contributed by atoms with Crippen LogP contribution >= 0.6 is 11.6 Å². The molecule has 11 nitrogen and oxygen atoms in total. The zero-order chi connectivity index (χ0) is 37.7. The third-order valence-electron chi connectivity index (χ3n) is 9.62. The molecule has 2 atom stereocenters. The molecule has 0 spiro atoms. The van der Waals surface area contributed by atoms with E-state index in [1.165, 1.54) is 30.3 Å².